The number of benzene rings is 1. The molecule has 0 amide bonds. The Morgan fingerprint density at radius 2 is 2.08 bits per heavy atom. The van der Waals surface area contributed by atoms with E-state index < -0.39 is 0 Å². The van der Waals surface area contributed by atoms with Crippen molar-refractivity contribution < 1.29 is 5.11 Å². The monoisotopic (exact) mass is 351 g/mol. The molecule has 0 spiro atoms. The Balaban J connectivity index is 1.78. The van der Waals surface area contributed by atoms with Crippen molar-refractivity contribution in [1.82, 2.24) is 15.2 Å². The standard InChI is InChI=1S/C18H14ClN5O/c19-11-1-2-13(15(25)7-11)16-12-3-6-21-8-14(12)17(24-23-16)22-10-18(9-20)4-5-18/h1-3,6-8,25H,4-5,10H2,(H,22,24). The third-order valence-corrected chi connectivity index (χ3v) is 4.72. The molecule has 3 aromatic rings. The lowest BCUT2D eigenvalue weighted by Crippen LogP contribution is -2.15. The molecule has 0 unspecified atom stereocenters. The highest BCUT2D eigenvalue weighted by Gasteiger charge is 2.43. The first-order chi connectivity index (χ1) is 12.1. The van der Waals surface area contributed by atoms with Crippen molar-refractivity contribution in [3.8, 4) is 23.1 Å². The Hall–Kier alpha value is -2.91. The first-order valence-corrected chi connectivity index (χ1v) is 8.24. The second kappa shape index (κ2) is 5.87. The average molecular weight is 352 g/mol. The maximum Gasteiger partial charge on any atom is 0.158 e. The average Bonchev–Trinajstić information content (AvgIpc) is 3.41. The summed E-state index contributed by atoms with van der Waals surface area (Å²) in [6.45, 7) is 0.535. The van der Waals surface area contributed by atoms with Gasteiger partial charge < -0.3 is 10.4 Å². The largest absolute Gasteiger partial charge is 0.507 e. The number of aromatic hydroxyl groups is 1. The SMILES string of the molecule is N#CC1(CNc2nnc(-c3ccc(Cl)cc3O)c3ccncc23)CC1. The molecule has 1 aliphatic rings. The molecular weight excluding hydrogens is 338 g/mol. The van der Waals surface area contributed by atoms with E-state index in [4.69, 9.17) is 11.6 Å². The number of rotatable bonds is 4. The van der Waals surface area contributed by atoms with E-state index in [1.165, 1.54) is 6.07 Å². The number of hydrogen-bond acceptors (Lipinski definition) is 6. The van der Waals surface area contributed by atoms with E-state index in [0.29, 0.717) is 28.6 Å². The van der Waals surface area contributed by atoms with Crippen LogP contribution in [-0.2, 0) is 0 Å². The lowest BCUT2D eigenvalue weighted by atomic mass is 10.0. The van der Waals surface area contributed by atoms with Gasteiger partial charge in [-0.2, -0.15) is 5.26 Å². The Morgan fingerprint density at radius 3 is 2.80 bits per heavy atom. The third-order valence-electron chi connectivity index (χ3n) is 4.48. The summed E-state index contributed by atoms with van der Waals surface area (Å²) in [5, 5.41) is 33.2. The van der Waals surface area contributed by atoms with Crippen LogP contribution >= 0.6 is 11.6 Å². The number of nitriles is 1. The van der Waals surface area contributed by atoms with Gasteiger partial charge in [0.15, 0.2) is 5.82 Å². The van der Waals surface area contributed by atoms with Crippen LogP contribution in [0.2, 0.25) is 5.02 Å². The number of nitrogens with zero attached hydrogens (tertiary/aromatic N) is 4. The van der Waals surface area contributed by atoms with Gasteiger partial charge in [0.1, 0.15) is 11.4 Å². The van der Waals surface area contributed by atoms with Gasteiger partial charge in [0.2, 0.25) is 0 Å². The maximum absolute atomic E-state index is 10.2. The normalized spacial score (nSPS) is 14.9. The fourth-order valence-corrected chi connectivity index (χ4v) is 2.93. The number of pyridine rings is 1. The molecule has 0 saturated heterocycles. The highest BCUT2D eigenvalue weighted by Crippen LogP contribution is 2.45. The molecule has 0 aliphatic heterocycles. The van der Waals surface area contributed by atoms with Crippen LogP contribution in [0, 0.1) is 16.7 Å². The van der Waals surface area contributed by atoms with E-state index in [0.717, 1.165) is 23.6 Å². The smallest absolute Gasteiger partial charge is 0.158 e. The minimum absolute atomic E-state index is 0.0436. The summed E-state index contributed by atoms with van der Waals surface area (Å²) in [6, 6.07) is 9.06. The van der Waals surface area contributed by atoms with Gasteiger partial charge >= 0.3 is 0 Å². The van der Waals surface area contributed by atoms with E-state index in [2.05, 4.69) is 26.6 Å². The summed E-state index contributed by atoms with van der Waals surface area (Å²) >= 11 is 5.91. The van der Waals surface area contributed by atoms with Crippen LogP contribution in [0.1, 0.15) is 12.8 Å². The van der Waals surface area contributed by atoms with Crippen LogP contribution in [0.15, 0.2) is 36.7 Å². The second-order valence-corrected chi connectivity index (χ2v) is 6.66. The Bertz CT molecular complexity index is 1010. The van der Waals surface area contributed by atoms with Gasteiger partial charge in [0.25, 0.3) is 0 Å². The number of halogens is 1. The molecule has 1 saturated carbocycles. The van der Waals surface area contributed by atoms with Crippen molar-refractivity contribution in [1.29, 1.82) is 5.26 Å². The summed E-state index contributed by atoms with van der Waals surface area (Å²) < 4.78 is 0. The van der Waals surface area contributed by atoms with Gasteiger partial charge in [0, 0.05) is 40.3 Å². The van der Waals surface area contributed by atoms with Crippen molar-refractivity contribution in [2.75, 3.05) is 11.9 Å². The number of aromatic nitrogens is 3. The second-order valence-electron chi connectivity index (χ2n) is 6.23. The van der Waals surface area contributed by atoms with E-state index >= 15 is 0 Å². The lowest BCUT2D eigenvalue weighted by molar-refractivity contribution is 0.477. The van der Waals surface area contributed by atoms with Gasteiger partial charge in [-0.3, -0.25) is 4.98 Å². The highest BCUT2D eigenvalue weighted by atomic mass is 35.5. The Morgan fingerprint density at radius 1 is 1.24 bits per heavy atom. The van der Waals surface area contributed by atoms with Crippen LogP contribution in [0.3, 0.4) is 0 Å². The summed E-state index contributed by atoms with van der Waals surface area (Å²) in [4.78, 5) is 4.17. The maximum atomic E-state index is 10.2. The molecule has 1 fully saturated rings. The molecule has 0 atom stereocenters. The highest BCUT2D eigenvalue weighted by molar-refractivity contribution is 6.30. The molecule has 6 nitrogen and oxygen atoms in total. The van der Waals surface area contributed by atoms with Crippen molar-refractivity contribution in [3.63, 3.8) is 0 Å². The minimum Gasteiger partial charge on any atom is -0.507 e. The fourth-order valence-electron chi connectivity index (χ4n) is 2.76. The number of hydrogen-bond donors (Lipinski definition) is 2. The zero-order valence-electron chi connectivity index (χ0n) is 13.2. The van der Waals surface area contributed by atoms with E-state index in [-0.39, 0.29) is 11.2 Å². The predicted octanol–water partition coefficient (Wildman–Crippen LogP) is 3.77. The molecule has 124 valence electrons. The summed E-state index contributed by atoms with van der Waals surface area (Å²) in [6.07, 6.45) is 5.17. The molecule has 4 rings (SSSR count). The topological polar surface area (TPSA) is 94.7 Å². The number of nitrogens with one attached hydrogen (secondary N) is 1. The quantitative estimate of drug-likeness (QED) is 0.743. The lowest BCUT2D eigenvalue weighted by Gasteiger charge is -2.13. The van der Waals surface area contributed by atoms with Crippen LogP contribution < -0.4 is 5.32 Å². The summed E-state index contributed by atoms with van der Waals surface area (Å²) in [5.74, 6) is 0.629. The van der Waals surface area contributed by atoms with Crippen LogP contribution in [0.25, 0.3) is 22.0 Å². The summed E-state index contributed by atoms with van der Waals surface area (Å²) in [7, 11) is 0. The van der Waals surface area contributed by atoms with Gasteiger partial charge in [-0.1, -0.05) is 11.6 Å². The summed E-state index contributed by atoms with van der Waals surface area (Å²) in [5.41, 5.74) is 0.817. The zero-order valence-corrected chi connectivity index (χ0v) is 14.0. The number of fused-ring (bicyclic) bond motifs is 1. The van der Waals surface area contributed by atoms with Crippen LogP contribution in [0.5, 0.6) is 5.75 Å². The molecule has 1 aromatic carbocycles. The van der Waals surface area contributed by atoms with Crippen molar-refractivity contribution in [2.45, 2.75) is 12.8 Å². The first-order valence-electron chi connectivity index (χ1n) is 7.86. The van der Waals surface area contributed by atoms with E-state index in [1.807, 2.05) is 6.07 Å². The van der Waals surface area contributed by atoms with Gasteiger partial charge in [-0.05, 0) is 37.1 Å². The Kier molecular flexibility index (Phi) is 3.66. The molecule has 0 bridgehead atoms. The fraction of sp³-hybridized carbons (Fsp3) is 0.222. The third kappa shape index (κ3) is 2.83. The minimum atomic E-state index is -0.288. The number of phenolic OH excluding ortho intramolecular Hbond substituents is 1. The van der Waals surface area contributed by atoms with E-state index in [1.54, 1.807) is 24.5 Å². The number of phenols is 1. The van der Waals surface area contributed by atoms with Crippen LogP contribution in [0.4, 0.5) is 5.82 Å². The predicted molar refractivity (Wildman–Crippen MR) is 95.2 cm³/mol. The zero-order chi connectivity index (χ0) is 17.4. The molecule has 0 radical (unpaired) electrons. The van der Waals surface area contributed by atoms with Gasteiger partial charge in [-0.15, -0.1) is 10.2 Å². The molecule has 1 aliphatic carbocycles. The molecular formula is C18H14ClN5O. The van der Waals surface area contributed by atoms with Crippen LogP contribution in [-0.4, -0.2) is 26.8 Å². The van der Waals surface area contributed by atoms with E-state index in [9.17, 15) is 10.4 Å². The molecule has 2 N–H and O–H groups in total. The number of anilines is 1. The van der Waals surface area contributed by atoms with Crippen molar-refractivity contribution in [3.05, 3.63) is 41.7 Å². The van der Waals surface area contributed by atoms with Crippen molar-refractivity contribution >= 4 is 28.2 Å². The van der Waals surface area contributed by atoms with Gasteiger partial charge in [-0.25, -0.2) is 0 Å². The molecule has 2 heterocycles. The molecule has 2 aromatic heterocycles. The first kappa shape index (κ1) is 15.6. The van der Waals surface area contributed by atoms with Gasteiger partial charge in [0.05, 0.1) is 11.5 Å². The molecule has 7 heteroatoms. The molecule has 25 heavy (non-hydrogen) atoms. The van der Waals surface area contributed by atoms with Crippen molar-refractivity contribution in [2.24, 2.45) is 5.41 Å². The Labute approximate surface area is 149 Å².